The first-order valence-corrected chi connectivity index (χ1v) is 4.29. The summed E-state index contributed by atoms with van der Waals surface area (Å²) in [6, 6.07) is 6.42. The minimum Gasteiger partial charge on any atom is -0.327 e. The molecular weight excluding hydrogens is 146 g/mol. The van der Waals surface area contributed by atoms with E-state index in [0.717, 1.165) is 6.42 Å². The summed E-state index contributed by atoms with van der Waals surface area (Å²) < 4.78 is 0. The molecule has 0 spiro atoms. The SMILES string of the molecule is Cc1cccc2c1CC(CN)=C2. The summed E-state index contributed by atoms with van der Waals surface area (Å²) in [4.78, 5) is 0. The van der Waals surface area contributed by atoms with E-state index >= 15 is 0 Å². The topological polar surface area (TPSA) is 26.0 Å². The zero-order valence-corrected chi connectivity index (χ0v) is 7.30. The maximum atomic E-state index is 5.59. The maximum absolute atomic E-state index is 5.59. The van der Waals surface area contributed by atoms with Crippen LogP contribution in [0.2, 0.25) is 0 Å². The van der Waals surface area contributed by atoms with Gasteiger partial charge in [0.25, 0.3) is 0 Å². The largest absolute Gasteiger partial charge is 0.327 e. The maximum Gasteiger partial charge on any atom is 0.0143 e. The Morgan fingerprint density at radius 3 is 2.92 bits per heavy atom. The van der Waals surface area contributed by atoms with Crippen molar-refractivity contribution in [2.45, 2.75) is 13.3 Å². The predicted octanol–water partition coefficient (Wildman–Crippen LogP) is 1.89. The molecule has 2 N–H and O–H groups in total. The van der Waals surface area contributed by atoms with Gasteiger partial charge < -0.3 is 5.73 Å². The number of fused-ring (bicyclic) bond motifs is 1. The Morgan fingerprint density at radius 2 is 2.25 bits per heavy atom. The quantitative estimate of drug-likeness (QED) is 0.665. The van der Waals surface area contributed by atoms with E-state index in [-0.39, 0.29) is 0 Å². The summed E-state index contributed by atoms with van der Waals surface area (Å²) in [6.07, 6.45) is 3.26. The van der Waals surface area contributed by atoms with Gasteiger partial charge in [0, 0.05) is 6.54 Å². The average molecular weight is 159 g/mol. The van der Waals surface area contributed by atoms with Crippen molar-refractivity contribution in [2.24, 2.45) is 5.73 Å². The van der Waals surface area contributed by atoms with Crippen LogP contribution in [0.5, 0.6) is 0 Å². The van der Waals surface area contributed by atoms with E-state index in [0.29, 0.717) is 6.54 Å². The minimum absolute atomic E-state index is 0.689. The summed E-state index contributed by atoms with van der Waals surface area (Å²) in [6.45, 7) is 2.85. The second kappa shape index (κ2) is 2.76. The van der Waals surface area contributed by atoms with Crippen LogP contribution < -0.4 is 5.73 Å². The Hall–Kier alpha value is -1.08. The van der Waals surface area contributed by atoms with Gasteiger partial charge in [-0.15, -0.1) is 0 Å². The Labute approximate surface area is 72.9 Å². The van der Waals surface area contributed by atoms with E-state index in [4.69, 9.17) is 5.73 Å². The molecule has 1 nitrogen and oxygen atoms in total. The van der Waals surface area contributed by atoms with Crippen LogP contribution >= 0.6 is 0 Å². The van der Waals surface area contributed by atoms with Crippen molar-refractivity contribution in [1.82, 2.24) is 0 Å². The third-order valence-electron chi connectivity index (χ3n) is 2.47. The van der Waals surface area contributed by atoms with Crippen molar-refractivity contribution in [2.75, 3.05) is 6.54 Å². The molecule has 0 radical (unpaired) electrons. The molecule has 0 aliphatic heterocycles. The minimum atomic E-state index is 0.689. The molecule has 0 unspecified atom stereocenters. The van der Waals surface area contributed by atoms with Gasteiger partial charge in [-0.25, -0.2) is 0 Å². The zero-order chi connectivity index (χ0) is 8.55. The van der Waals surface area contributed by atoms with Gasteiger partial charge in [-0.3, -0.25) is 0 Å². The Kier molecular flexibility index (Phi) is 1.74. The van der Waals surface area contributed by atoms with Crippen LogP contribution in [-0.2, 0) is 6.42 Å². The monoisotopic (exact) mass is 159 g/mol. The third-order valence-corrected chi connectivity index (χ3v) is 2.47. The highest BCUT2D eigenvalue weighted by Crippen LogP contribution is 2.26. The highest BCUT2D eigenvalue weighted by atomic mass is 14.5. The lowest BCUT2D eigenvalue weighted by molar-refractivity contribution is 1.06. The zero-order valence-electron chi connectivity index (χ0n) is 7.30. The fourth-order valence-corrected chi connectivity index (χ4v) is 1.73. The Morgan fingerprint density at radius 1 is 1.42 bits per heavy atom. The molecule has 62 valence electrons. The molecule has 0 heterocycles. The van der Waals surface area contributed by atoms with Crippen LogP contribution in [0.4, 0.5) is 0 Å². The van der Waals surface area contributed by atoms with Crippen LogP contribution in [0.1, 0.15) is 16.7 Å². The summed E-state index contributed by atoms with van der Waals surface area (Å²) in [5.74, 6) is 0. The standard InChI is InChI=1S/C11H13N/c1-8-3-2-4-10-5-9(7-12)6-11(8)10/h2-5H,6-7,12H2,1H3. The Bertz CT molecular complexity index is 337. The first-order valence-electron chi connectivity index (χ1n) is 4.29. The Balaban J connectivity index is 2.45. The van der Waals surface area contributed by atoms with E-state index < -0.39 is 0 Å². The molecule has 1 aromatic carbocycles. The number of hydrogen-bond donors (Lipinski definition) is 1. The molecule has 1 aliphatic carbocycles. The first kappa shape index (κ1) is 7.56. The third kappa shape index (κ3) is 1.07. The molecular formula is C11H13N. The fourth-order valence-electron chi connectivity index (χ4n) is 1.73. The van der Waals surface area contributed by atoms with Gasteiger partial charge in [0.1, 0.15) is 0 Å². The summed E-state index contributed by atoms with van der Waals surface area (Å²) in [5, 5.41) is 0. The van der Waals surface area contributed by atoms with Crippen molar-refractivity contribution in [3.8, 4) is 0 Å². The highest BCUT2D eigenvalue weighted by Gasteiger charge is 2.12. The van der Waals surface area contributed by atoms with Crippen molar-refractivity contribution in [3.05, 3.63) is 40.5 Å². The summed E-state index contributed by atoms with van der Waals surface area (Å²) >= 11 is 0. The molecule has 0 fully saturated rings. The molecule has 0 saturated carbocycles. The van der Waals surface area contributed by atoms with E-state index in [2.05, 4.69) is 31.2 Å². The molecule has 1 heteroatoms. The second-order valence-corrected chi connectivity index (χ2v) is 3.33. The van der Waals surface area contributed by atoms with Crippen LogP contribution in [0.25, 0.3) is 6.08 Å². The van der Waals surface area contributed by atoms with Gasteiger partial charge in [0.05, 0.1) is 0 Å². The lowest BCUT2D eigenvalue weighted by Crippen LogP contribution is -2.02. The van der Waals surface area contributed by atoms with Gasteiger partial charge in [-0.05, 0) is 30.0 Å². The molecule has 1 aromatic rings. The lowest BCUT2D eigenvalue weighted by atomic mass is 10.0. The molecule has 0 amide bonds. The normalized spacial score (nSPS) is 14.3. The van der Waals surface area contributed by atoms with Gasteiger partial charge in [0.2, 0.25) is 0 Å². The van der Waals surface area contributed by atoms with Crippen LogP contribution in [0.3, 0.4) is 0 Å². The van der Waals surface area contributed by atoms with Crippen molar-refractivity contribution >= 4 is 6.08 Å². The second-order valence-electron chi connectivity index (χ2n) is 3.33. The van der Waals surface area contributed by atoms with E-state index in [1.165, 1.54) is 22.3 Å². The van der Waals surface area contributed by atoms with Gasteiger partial charge in [-0.2, -0.15) is 0 Å². The first-order chi connectivity index (χ1) is 5.81. The average Bonchev–Trinajstić information content (AvgIpc) is 2.49. The molecule has 2 rings (SSSR count). The van der Waals surface area contributed by atoms with Crippen molar-refractivity contribution in [1.29, 1.82) is 0 Å². The molecule has 12 heavy (non-hydrogen) atoms. The van der Waals surface area contributed by atoms with Gasteiger partial charge in [-0.1, -0.05) is 29.8 Å². The number of rotatable bonds is 1. The smallest absolute Gasteiger partial charge is 0.0143 e. The van der Waals surface area contributed by atoms with E-state index in [1.807, 2.05) is 0 Å². The number of benzene rings is 1. The van der Waals surface area contributed by atoms with Crippen LogP contribution in [0.15, 0.2) is 23.8 Å². The lowest BCUT2D eigenvalue weighted by Gasteiger charge is -2.02. The number of aryl methyl sites for hydroxylation is 1. The fraction of sp³-hybridized carbons (Fsp3) is 0.273. The summed E-state index contributed by atoms with van der Waals surface area (Å²) in [5.41, 5.74) is 11.1. The number of hydrogen-bond acceptors (Lipinski definition) is 1. The van der Waals surface area contributed by atoms with Gasteiger partial charge >= 0.3 is 0 Å². The van der Waals surface area contributed by atoms with E-state index in [1.54, 1.807) is 0 Å². The van der Waals surface area contributed by atoms with Crippen LogP contribution in [-0.4, -0.2) is 6.54 Å². The molecule has 1 aliphatic rings. The predicted molar refractivity (Wildman–Crippen MR) is 51.9 cm³/mol. The van der Waals surface area contributed by atoms with Crippen LogP contribution in [0, 0.1) is 6.92 Å². The van der Waals surface area contributed by atoms with Crippen molar-refractivity contribution in [3.63, 3.8) is 0 Å². The molecule has 0 aromatic heterocycles. The summed E-state index contributed by atoms with van der Waals surface area (Å²) in [7, 11) is 0. The highest BCUT2D eigenvalue weighted by molar-refractivity contribution is 5.65. The number of nitrogens with two attached hydrogens (primary N) is 1. The molecule has 0 atom stereocenters. The molecule has 0 bridgehead atoms. The van der Waals surface area contributed by atoms with Crippen molar-refractivity contribution < 1.29 is 0 Å². The van der Waals surface area contributed by atoms with E-state index in [9.17, 15) is 0 Å². The molecule has 0 saturated heterocycles. The van der Waals surface area contributed by atoms with Gasteiger partial charge in [0.15, 0.2) is 0 Å².